The van der Waals surface area contributed by atoms with Crippen LogP contribution in [-0.4, -0.2) is 17.3 Å². The summed E-state index contributed by atoms with van der Waals surface area (Å²) < 4.78 is 0. The van der Waals surface area contributed by atoms with Gasteiger partial charge < -0.3 is 10.8 Å². The Morgan fingerprint density at radius 2 is 1.46 bits per heavy atom. The van der Waals surface area contributed by atoms with Gasteiger partial charge in [-0.1, -0.05) is 41.5 Å². The van der Waals surface area contributed by atoms with Gasteiger partial charge in [0.15, 0.2) is 0 Å². The summed E-state index contributed by atoms with van der Waals surface area (Å²) in [6.45, 7) is 12.5. The maximum atomic E-state index is 9.86. The highest BCUT2D eigenvalue weighted by Crippen LogP contribution is 2.27. The zero-order valence-electron chi connectivity index (χ0n) is 9.89. The average Bonchev–Trinajstić information content (AvgIpc) is 1.79. The molecule has 2 heteroatoms. The molecule has 0 spiro atoms. The van der Waals surface area contributed by atoms with Crippen LogP contribution in [0.5, 0.6) is 0 Å². The fourth-order valence-electron chi connectivity index (χ4n) is 1.33. The highest BCUT2D eigenvalue weighted by molar-refractivity contribution is 4.85. The number of aliphatic hydroxyl groups is 1. The maximum Gasteiger partial charge on any atom is 0.0701 e. The molecule has 0 saturated carbocycles. The van der Waals surface area contributed by atoms with Crippen LogP contribution in [-0.2, 0) is 0 Å². The minimum Gasteiger partial charge on any atom is -0.391 e. The van der Waals surface area contributed by atoms with Gasteiger partial charge in [-0.15, -0.1) is 0 Å². The first-order valence-corrected chi connectivity index (χ1v) is 4.98. The van der Waals surface area contributed by atoms with E-state index < -0.39 is 6.10 Å². The van der Waals surface area contributed by atoms with E-state index in [9.17, 15) is 5.11 Å². The van der Waals surface area contributed by atoms with Crippen LogP contribution in [0.1, 0.15) is 48.0 Å². The Morgan fingerprint density at radius 1 is 1.08 bits per heavy atom. The molecule has 2 atom stereocenters. The second-order valence-corrected chi connectivity index (χ2v) is 6.22. The highest BCUT2D eigenvalue weighted by atomic mass is 16.3. The SMILES string of the molecule is CC(C)(C)CC(O)C(N)C(C)(C)C. The van der Waals surface area contributed by atoms with E-state index >= 15 is 0 Å². The van der Waals surface area contributed by atoms with Crippen LogP contribution in [0.25, 0.3) is 0 Å². The molecule has 0 heterocycles. The number of aliphatic hydroxyl groups excluding tert-OH is 1. The lowest BCUT2D eigenvalue weighted by Crippen LogP contribution is -2.46. The normalized spacial score (nSPS) is 18.5. The molecule has 0 fully saturated rings. The van der Waals surface area contributed by atoms with Crippen LogP contribution in [0.3, 0.4) is 0 Å². The lowest BCUT2D eigenvalue weighted by Gasteiger charge is -2.34. The molecule has 0 bridgehead atoms. The summed E-state index contributed by atoms with van der Waals surface area (Å²) in [7, 11) is 0. The summed E-state index contributed by atoms with van der Waals surface area (Å²) in [5.41, 5.74) is 6.07. The molecule has 0 aliphatic heterocycles. The summed E-state index contributed by atoms with van der Waals surface area (Å²) in [4.78, 5) is 0. The molecular formula is C11H25NO. The third kappa shape index (κ3) is 5.27. The predicted molar refractivity (Wildman–Crippen MR) is 57.5 cm³/mol. The van der Waals surface area contributed by atoms with Crippen molar-refractivity contribution in [3.8, 4) is 0 Å². The molecule has 0 aromatic rings. The van der Waals surface area contributed by atoms with Gasteiger partial charge in [0.05, 0.1) is 6.10 Å². The second kappa shape index (κ2) is 3.97. The van der Waals surface area contributed by atoms with Gasteiger partial charge in [0.2, 0.25) is 0 Å². The molecule has 80 valence electrons. The quantitative estimate of drug-likeness (QED) is 0.696. The van der Waals surface area contributed by atoms with Crippen LogP contribution in [0.2, 0.25) is 0 Å². The van der Waals surface area contributed by atoms with Gasteiger partial charge in [-0.2, -0.15) is 0 Å². The van der Waals surface area contributed by atoms with E-state index in [1.54, 1.807) is 0 Å². The topological polar surface area (TPSA) is 46.2 Å². The van der Waals surface area contributed by atoms with Crippen LogP contribution in [0.15, 0.2) is 0 Å². The average molecular weight is 187 g/mol. The zero-order valence-corrected chi connectivity index (χ0v) is 9.89. The van der Waals surface area contributed by atoms with Crippen molar-refractivity contribution in [2.24, 2.45) is 16.6 Å². The monoisotopic (exact) mass is 187 g/mol. The van der Waals surface area contributed by atoms with Gasteiger partial charge in [0.1, 0.15) is 0 Å². The van der Waals surface area contributed by atoms with Crippen molar-refractivity contribution in [1.29, 1.82) is 0 Å². The first kappa shape index (κ1) is 12.9. The van der Waals surface area contributed by atoms with Crippen molar-refractivity contribution in [2.75, 3.05) is 0 Å². The molecule has 0 aliphatic rings. The van der Waals surface area contributed by atoms with Gasteiger partial charge in [0.25, 0.3) is 0 Å². The van der Waals surface area contributed by atoms with Crippen molar-refractivity contribution < 1.29 is 5.11 Å². The van der Waals surface area contributed by atoms with E-state index in [1.165, 1.54) is 0 Å². The fraction of sp³-hybridized carbons (Fsp3) is 1.00. The predicted octanol–water partition coefficient (Wildman–Crippen LogP) is 2.16. The minimum atomic E-state index is -0.403. The number of nitrogens with two attached hydrogens (primary N) is 1. The molecule has 0 radical (unpaired) electrons. The van der Waals surface area contributed by atoms with E-state index in [2.05, 4.69) is 41.5 Å². The van der Waals surface area contributed by atoms with Crippen LogP contribution >= 0.6 is 0 Å². The number of hydrogen-bond donors (Lipinski definition) is 2. The lowest BCUT2D eigenvalue weighted by molar-refractivity contribution is 0.0574. The van der Waals surface area contributed by atoms with E-state index in [0.29, 0.717) is 0 Å². The summed E-state index contributed by atoms with van der Waals surface area (Å²) >= 11 is 0. The second-order valence-electron chi connectivity index (χ2n) is 6.22. The number of hydrogen-bond acceptors (Lipinski definition) is 2. The Bertz CT molecular complexity index is 152. The van der Waals surface area contributed by atoms with Crippen molar-refractivity contribution in [3.63, 3.8) is 0 Å². The molecular weight excluding hydrogens is 162 g/mol. The largest absolute Gasteiger partial charge is 0.391 e. The van der Waals surface area contributed by atoms with E-state index in [4.69, 9.17) is 5.73 Å². The standard InChI is InChI=1S/C11H25NO/c1-10(2,3)7-8(13)9(12)11(4,5)6/h8-9,13H,7,12H2,1-6H3. The van der Waals surface area contributed by atoms with E-state index in [-0.39, 0.29) is 16.9 Å². The first-order chi connectivity index (χ1) is 5.54. The Labute approximate surface area is 82.5 Å². The summed E-state index contributed by atoms with van der Waals surface area (Å²) in [6.07, 6.45) is 0.353. The molecule has 13 heavy (non-hydrogen) atoms. The van der Waals surface area contributed by atoms with Gasteiger partial charge in [-0.3, -0.25) is 0 Å². The Kier molecular flexibility index (Phi) is 3.95. The van der Waals surface area contributed by atoms with Gasteiger partial charge in [-0.05, 0) is 17.3 Å². The van der Waals surface area contributed by atoms with Crippen molar-refractivity contribution in [2.45, 2.75) is 60.1 Å². The molecule has 3 N–H and O–H groups in total. The van der Waals surface area contributed by atoms with Crippen molar-refractivity contribution in [3.05, 3.63) is 0 Å². The van der Waals surface area contributed by atoms with E-state index in [0.717, 1.165) is 6.42 Å². The van der Waals surface area contributed by atoms with Gasteiger partial charge in [0, 0.05) is 6.04 Å². The molecule has 0 aliphatic carbocycles. The third-order valence-corrected chi connectivity index (χ3v) is 2.24. The molecule has 0 aromatic heterocycles. The van der Waals surface area contributed by atoms with Crippen molar-refractivity contribution >= 4 is 0 Å². The van der Waals surface area contributed by atoms with E-state index in [1.807, 2.05) is 0 Å². The third-order valence-electron chi connectivity index (χ3n) is 2.24. The van der Waals surface area contributed by atoms with Crippen LogP contribution in [0, 0.1) is 10.8 Å². The summed E-state index contributed by atoms with van der Waals surface area (Å²) in [5.74, 6) is 0. The first-order valence-electron chi connectivity index (χ1n) is 4.98. The van der Waals surface area contributed by atoms with Crippen LogP contribution < -0.4 is 5.73 Å². The molecule has 2 unspecified atom stereocenters. The number of rotatable bonds is 2. The minimum absolute atomic E-state index is 0.0231. The molecule has 0 aromatic carbocycles. The molecule has 0 amide bonds. The Balaban J connectivity index is 4.20. The smallest absolute Gasteiger partial charge is 0.0701 e. The highest BCUT2D eigenvalue weighted by Gasteiger charge is 2.30. The summed E-state index contributed by atoms with van der Waals surface area (Å²) in [6, 6.07) is -0.147. The fourth-order valence-corrected chi connectivity index (χ4v) is 1.33. The summed E-state index contributed by atoms with van der Waals surface area (Å²) in [5, 5.41) is 9.86. The van der Waals surface area contributed by atoms with Gasteiger partial charge in [-0.25, -0.2) is 0 Å². The molecule has 0 saturated heterocycles. The van der Waals surface area contributed by atoms with Gasteiger partial charge >= 0.3 is 0 Å². The Hall–Kier alpha value is -0.0800. The maximum absolute atomic E-state index is 9.86. The molecule has 2 nitrogen and oxygen atoms in total. The zero-order chi connectivity index (χ0) is 10.9. The lowest BCUT2D eigenvalue weighted by atomic mass is 9.78. The van der Waals surface area contributed by atoms with Crippen molar-refractivity contribution in [1.82, 2.24) is 0 Å². The Morgan fingerprint density at radius 3 is 1.69 bits per heavy atom. The van der Waals surface area contributed by atoms with Crippen LogP contribution in [0.4, 0.5) is 0 Å². The molecule has 0 rings (SSSR count).